The summed E-state index contributed by atoms with van der Waals surface area (Å²) < 4.78 is 7.82. The Kier molecular flexibility index (Phi) is 8.06. The predicted molar refractivity (Wildman–Crippen MR) is 128 cm³/mol. The summed E-state index contributed by atoms with van der Waals surface area (Å²) in [7, 11) is -1.35. The first kappa shape index (κ1) is 23.5. The molecule has 0 aliphatic carbocycles. The number of pyridine rings is 1. The second-order valence-electron chi connectivity index (χ2n) is 7.51. The highest BCUT2D eigenvalue weighted by Gasteiger charge is 2.10. The van der Waals surface area contributed by atoms with Gasteiger partial charge in [-0.2, -0.15) is 0 Å². The summed E-state index contributed by atoms with van der Waals surface area (Å²) in [5, 5.41) is 17.9. The summed E-state index contributed by atoms with van der Waals surface area (Å²) in [6, 6.07) is 17.3. The summed E-state index contributed by atoms with van der Waals surface area (Å²) in [5.41, 5.74) is 4.96. The molecule has 0 unspecified atom stereocenters. The number of ether oxygens (including phenoxy) is 1. The average Bonchev–Trinajstić information content (AvgIpc) is 3.17. The van der Waals surface area contributed by atoms with Gasteiger partial charge in [0.1, 0.15) is 0 Å². The number of rotatable bonds is 5. The Morgan fingerprint density at radius 2 is 1.72 bits per heavy atom. The fourth-order valence-electron chi connectivity index (χ4n) is 2.99. The molecule has 4 aromatic rings. The molecule has 0 radical (unpaired) electrons. The number of aryl methyl sites for hydroxylation is 3. The molecular weight excluding hydrogens is 425 g/mol. The van der Waals surface area contributed by atoms with Gasteiger partial charge >= 0.3 is 7.12 Å². The lowest BCUT2D eigenvalue weighted by Gasteiger charge is -2.11. The first-order valence-corrected chi connectivity index (χ1v) is 10.5. The molecule has 0 amide bonds. The number of benzene rings is 2. The van der Waals surface area contributed by atoms with E-state index in [4.69, 9.17) is 26.4 Å². The molecule has 0 spiro atoms. The van der Waals surface area contributed by atoms with Crippen LogP contribution in [0.25, 0.3) is 0 Å². The Morgan fingerprint density at radius 3 is 2.38 bits per heavy atom. The van der Waals surface area contributed by atoms with Crippen LogP contribution in [-0.2, 0) is 6.54 Å². The summed E-state index contributed by atoms with van der Waals surface area (Å²) in [6.07, 6.45) is 5.01. The van der Waals surface area contributed by atoms with Gasteiger partial charge in [0.25, 0.3) is 0 Å². The van der Waals surface area contributed by atoms with Crippen LogP contribution in [0.5, 0.6) is 11.8 Å². The van der Waals surface area contributed by atoms with Crippen molar-refractivity contribution in [2.75, 3.05) is 0 Å². The molecule has 0 aliphatic rings. The third kappa shape index (κ3) is 6.69. The summed E-state index contributed by atoms with van der Waals surface area (Å²) in [5.74, 6) is 1.19. The summed E-state index contributed by atoms with van der Waals surface area (Å²) in [4.78, 5) is 8.39. The monoisotopic (exact) mass is 449 g/mol. The highest BCUT2D eigenvalue weighted by molar-refractivity contribution is 6.58. The molecule has 0 aliphatic heterocycles. The topological polar surface area (TPSA) is 80.4 Å². The fraction of sp³-hybridized carbons (Fsp3) is 0.167. The first-order valence-electron chi connectivity index (χ1n) is 10.1. The third-order valence-electron chi connectivity index (χ3n) is 4.68. The first-order chi connectivity index (χ1) is 15.3. The van der Waals surface area contributed by atoms with Gasteiger partial charge in [0.2, 0.25) is 11.8 Å². The highest BCUT2D eigenvalue weighted by Crippen LogP contribution is 2.25. The minimum Gasteiger partial charge on any atom is -0.423 e. The number of hydrogen-bond donors (Lipinski definition) is 2. The minimum absolute atomic E-state index is 0.533. The van der Waals surface area contributed by atoms with Gasteiger partial charge in [0.05, 0.1) is 24.1 Å². The van der Waals surface area contributed by atoms with Crippen molar-refractivity contribution in [2.45, 2.75) is 27.3 Å². The summed E-state index contributed by atoms with van der Waals surface area (Å²) >= 11 is 5.92. The highest BCUT2D eigenvalue weighted by atomic mass is 35.5. The van der Waals surface area contributed by atoms with E-state index in [1.54, 1.807) is 30.9 Å². The van der Waals surface area contributed by atoms with E-state index < -0.39 is 7.12 Å². The van der Waals surface area contributed by atoms with E-state index in [0.717, 1.165) is 11.1 Å². The van der Waals surface area contributed by atoms with Crippen molar-refractivity contribution in [2.24, 2.45) is 0 Å². The Morgan fingerprint density at radius 1 is 0.969 bits per heavy atom. The Labute approximate surface area is 193 Å². The molecule has 0 fully saturated rings. The fourth-order valence-corrected chi connectivity index (χ4v) is 3.20. The maximum Gasteiger partial charge on any atom is 0.488 e. The van der Waals surface area contributed by atoms with Gasteiger partial charge < -0.3 is 14.8 Å². The molecule has 2 aromatic heterocycles. The van der Waals surface area contributed by atoms with Gasteiger partial charge in [-0.15, -0.1) is 0 Å². The van der Waals surface area contributed by atoms with E-state index in [1.165, 1.54) is 11.1 Å². The zero-order valence-corrected chi connectivity index (χ0v) is 19.0. The number of halogens is 1. The van der Waals surface area contributed by atoms with Crippen LogP contribution in [0.3, 0.4) is 0 Å². The van der Waals surface area contributed by atoms with Crippen molar-refractivity contribution < 1.29 is 14.8 Å². The molecule has 2 heterocycles. The van der Waals surface area contributed by atoms with E-state index in [0.29, 0.717) is 28.8 Å². The Bertz CT molecular complexity index is 1160. The van der Waals surface area contributed by atoms with Crippen molar-refractivity contribution in [3.8, 4) is 11.8 Å². The van der Waals surface area contributed by atoms with Gasteiger partial charge in [-0.25, -0.2) is 9.97 Å². The Hall–Kier alpha value is -3.13. The zero-order valence-electron chi connectivity index (χ0n) is 18.2. The molecule has 0 saturated heterocycles. The van der Waals surface area contributed by atoms with Crippen molar-refractivity contribution in [1.82, 2.24) is 14.5 Å². The molecule has 32 heavy (non-hydrogen) atoms. The van der Waals surface area contributed by atoms with E-state index in [1.807, 2.05) is 42.7 Å². The largest absolute Gasteiger partial charge is 0.488 e. The van der Waals surface area contributed by atoms with E-state index >= 15 is 0 Å². The van der Waals surface area contributed by atoms with Crippen LogP contribution in [0, 0.1) is 20.8 Å². The average molecular weight is 450 g/mol. The van der Waals surface area contributed by atoms with Crippen LogP contribution >= 0.6 is 11.6 Å². The van der Waals surface area contributed by atoms with Crippen LogP contribution in [-0.4, -0.2) is 31.7 Å². The van der Waals surface area contributed by atoms with Crippen LogP contribution in [0.1, 0.15) is 22.3 Å². The normalized spacial score (nSPS) is 10.3. The maximum atomic E-state index is 8.67. The lowest BCUT2D eigenvalue weighted by Crippen LogP contribution is -2.29. The second kappa shape index (κ2) is 11.0. The number of nitrogens with zero attached hydrogens (tertiary/aromatic N) is 3. The molecule has 0 saturated carbocycles. The van der Waals surface area contributed by atoms with Crippen molar-refractivity contribution in [3.63, 3.8) is 0 Å². The Balaban J connectivity index is 0.000000243. The maximum absolute atomic E-state index is 8.67. The molecule has 0 bridgehead atoms. The molecule has 2 N–H and O–H groups in total. The van der Waals surface area contributed by atoms with Gasteiger partial charge in [-0.05, 0) is 37.9 Å². The zero-order chi connectivity index (χ0) is 23.1. The van der Waals surface area contributed by atoms with Gasteiger partial charge in [-0.1, -0.05) is 71.3 Å². The van der Waals surface area contributed by atoms with Crippen LogP contribution in [0.15, 0.2) is 73.3 Å². The molecule has 4 rings (SSSR count). The smallest absolute Gasteiger partial charge is 0.423 e. The molecule has 2 aromatic carbocycles. The van der Waals surface area contributed by atoms with Crippen LogP contribution in [0.4, 0.5) is 0 Å². The molecule has 8 heteroatoms. The summed E-state index contributed by atoms with van der Waals surface area (Å²) in [6.45, 7) is 6.64. The SMILES string of the molecule is Cc1ccc(B(O)O)cc1.Cc1cccc(Cn2cncc2Oc2ncc(Cl)cc2C)c1. The predicted octanol–water partition coefficient (Wildman–Crippen LogP) is 4.06. The van der Waals surface area contributed by atoms with Gasteiger partial charge in [0, 0.05) is 11.8 Å². The van der Waals surface area contributed by atoms with Crippen molar-refractivity contribution in [3.05, 3.63) is 101 Å². The van der Waals surface area contributed by atoms with E-state index in [2.05, 4.69) is 35.1 Å². The second-order valence-corrected chi connectivity index (χ2v) is 7.95. The van der Waals surface area contributed by atoms with Crippen LogP contribution in [0.2, 0.25) is 5.02 Å². The number of aromatic nitrogens is 3. The van der Waals surface area contributed by atoms with Gasteiger partial charge in [-0.3, -0.25) is 4.57 Å². The molecule has 0 atom stereocenters. The molecular formula is C24H25BClN3O3. The lowest BCUT2D eigenvalue weighted by atomic mass is 9.80. The standard InChI is InChI=1S/C17H16ClN3O.C7H9BO2/c1-12-4-3-5-14(6-12)10-21-11-19-9-16(21)22-17-13(2)7-15(18)8-20-17;1-6-2-4-7(5-3-6)8(9)10/h3-9,11H,10H2,1-2H3;2-5,9-10H,1H3. The van der Waals surface area contributed by atoms with Crippen molar-refractivity contribution in [1.29, 1.82) is 0 Å². The molecule has 6 nitrogen and oxygen atoms in total. The van der Waals surface area contributed by atoms with E-state index in [9.17, 15) is 0 Å². The van der Waals surface area contributed by atoms with Crippen molar-refractivity contribution >= 4 is 24.2 Å². The quantitative estimate of drug-likeness (QED) is 0.449. The third-order valence-corrected chi connectivity index (χ3v) is 4.89. The van der Waals surface area contributed by atoms with Gasteiger partial charge in [0.15, 0.2) is 0 Å². The van der Waals surface area contributed by atoms with E-state index in [-0.39, 0.29) is 0 Å². The van der Waals surface area contributed by atoms with Crippen LogP contribution < -0.4 is 10.2 Å². The number of imidazole rings is 1. The lowest BCUT2D eigenvalue weighted by molar-refractivity contribution is 0.417. The molecule has 164 valence electrons. The number of hydrogen-bond acceptors (Lipinski definition) is 5. The minimum atomic E-state index is -1.35.